The molecule has 3 aromatic heterocycles. The zero-order valence-electron chi connectivity index (χ0n) is 18.6. The van der Waals surface area contributed by atoms with E-state index >= 15 is 0 Å². The predicted octanol–water partition coefficient (Wildman–Crippen LogP) is 0.730. The van der Waals surface area contributed by atoms with E-state index in [0.29, 0.717) is 15.7 Å². The summed E-state index contributed by atoms with van der Waals surface area (Å²) in [6.07, 6.45) is 8.02. The van der Waals surface area contributed by atoms with Crippen LogP contribution < -0.4 is 20.5 Å². The molecule has 0 saturated carbocycles. The number of hydrogen-bond donors (Lipinski definition) is 1. The highest BCUT2D eigenvalue weighted by Gasteiger charge is 2.40. The Hall–Kier alpha value is -4.05. The van der Waals surface area contributed by atoms with Crippen LogP contribution in [0.5, 0.6) is 0 Å². The van der Waals surface area contributed by atoms with Gasteiger partial charge in [0, 0.05) is 24.8 Å². The number of aromatic nitrogens is 3. The van der Waals surface area contributed by atoms with E-state index in [1.165, 1.54) is 4.57 Å². The normalized spacial score (nSPS) is 15.8. The number of hydrogen-bond acceptors (Lipinski definition) is 9. The average Bonchev–Trinajstić information content (AvgIpc) is 3.16. The van der Waals surface area contributed by atoms with E-state index < -0.39 is 23.4 Å². The Morgan fingerprint density at radius 2 is 1.71 bits per heavy atom. The van der Waals surface area contributed by atoms with Gasteiger partial charge in [0.15, 0.2) is 0 Å². The van der Waals surface area contributed by atoms with Crippen molar-refractivity contribution >= 4 is 40.7 Å². The molecular formula is C24H22N4O5S. The van der Waals surface area contributed by atoms with Crippen molar-refractivity contribution in [1.29, 1.82) is 0 Å². The van der Waals surface area contributed by atoms with E-state index in [2.05, 4.69) is 9.97 Å². The molecule has 0 unspecified atom stereocenters. The molecule has 4 rings (SSSR count). The molecule has 174 valence electrons. The minimum Gasteiger partial charge on any atom is -0.463 e. The number of carbonyl (C=O) groups is 2. The summed E-state index contributed by atoms with van der Waals surface area (Å²) in [5.74, 6) is -2.40. The van der Waals surface area contributed by atoms with Crippen LogP contribution in [0.1, 0.15) is 30.9 Å². The molecule has 1 atom stereocenters. The van der Waals surface area contributed by atoms with E-state index in [0.717, 1.165) is 11.3 Å². The zero-order valence-corrected chi connectivity index (χ0v) is 19.4. The van der Waals surface area contributed by atoms with Crippen molar-refractivity contribution in [2.24, 2.45) is 5.73 Å². The molecule has 9 nitrogen and oxygen atoms in total. The third-order valence-electron chi connectivity index (χ3n) is 5.14. The summed E-state index contributed by atoms with van der Waals surface area (Å²) in [5, 5.41) is 0. The van der Waals surface area contributed by atoms with Crippen LogP contribution >= 0.6 is 11.3 Å². The SMILES string of the molecule is CCOC(=O)C1=C(N)n2c(s/c(=C\c3cccnc3)c2=O)=C(C(=O)OCC)[C@@H]1c1cccnc1. The second-order valence-corrected chi connectivity index (χ2v) is 8.25. The Labute approximate surface area is 198 Å². The number of pyridine rings is 2. The number of nitrogens with zero attached hydrogens (tertiary/aromatic N) is 3. The summed E-state index contributed by atoms with van der Waals surface area (Å²) in [7, 11) is 0. The second-order valence-electron chi connectivity index (χ2n) is 7.22. The largest absolute Gasteiger partial charge is 0.463 e. The van der Waals surface area contributed by atoms with Gasteiger partial charge in [0.2, 0.25) is 0 Å². The van der Waals surface area contributed by atoms with Crippen LogP contribution in [-0.4, -0.2) is 39.7 Å². The molecule has 0 fully saturated rings. The fraction of sp³-hybridized carbons (Fsp3) is 0.208. The highest BCUT2D eigenvalue weighted by atomic mass is 32.1. The lowest BCUT2D eigenvalue weighted by Crippen LogP contribution is -2.42. The third kappa shape index (κ3) is 4.15. The number of rotatable bonds is 6. The van der Waals surface area contributed by atoms with Crippen molar-refractivity contribution in [1.82, 2.24) is 14.5 Å². The van der Waals surface area contributed by atoms with Gasteiger partial charge in [-0.2, -0.15) is 0 Å². The molecule has 0 saturated heterocycles. The first kappa shape index (κ1) is 23.1. The van der Waals surface area contributed by atoms with Gasteiger partial charge in [-0.25, -0.2) is 9.59 Å². The van der Waals surface area contributed by atoms with Gasteiger partial charge in [0.25, 0.3) is 5.56 Å². The molecule has 0 aliphatic carbocycles. The zero-order chi connectivity index (χ0) is 24.2. The van der Waals surface area contributed by atoms with E-state index in [9.17, 15) is 14.4 Å². The van der Waals surface area contributed by atoms with Crippen LogP contribution in [0.4, 0.5) is 0 Å². The van der Waals surface area contributed by atoms with Crippen molar-refractivity contribution in [3.05, 3.63) is 85.3 Å². The van der Waals surface area contributed by atoms with Crippen molar-refractivity contribution < 1.29 is 19.1 Å². The maximum Gasteiger partial charge on any atom is 0.338 e. The summed E-state index contributed by atoms with van der Waals surface area (Å²) in [5.41, 5.74) is 7.32. The van der Waals surface area contributed by atoms with Crippen molar-refractivity contribution in [2.45, 2.75) is 19.8 Å². The summed E-state index contributed by atoms with van der Waals surface area (Å²) in [6, 6.07) is 6.97. The first-order valence-electron chi connectivity index (χ1n) is 10.6. The number of thiazole rings is 1. The number of esters is 2. The standard InChI is InChI=1S/C24H22N4O5S/c1-3-32-23(30)18-17(15-8-6-10-27-13-15)19(24(31)33-4-2)22-28(20(18)25)21(29)16(34-22)11-14-7-5-9-26-12-14/h5-13,17H,3-4,25H2,1-2H3/b16-11-/t17-/m1/s1. The van der Waals surface area contributed by atoms with Crippen LogP contribution in [0.25, 0.3) is 17.5 Å². The first-order chi connectivity index (χ1) is 16.5. The quantitative estimate of drug-likeness (QED) is 0.514. The minimum atomic E-state index is -0.920. The molecule has 0 radical (unpaired) electrons. The fourth-order valence-electron chi connectivity index (χ4n) is 3.76. The first-order valence-corrected chi connectivity index (χ1v) is 11.4. The summed E-state index contributed by atoms with van der Waals surface area (Å²) in [4.78, 5) is 47.9. The van der Waals surface area contributed by atoms with Crippen LogP contribution in [0, 0.1) is 0 Å². The number of carbonyl (C=O) groups excluding carboxylic acids is 2. The number of ether oxygens (including phenoxy) is 2. The molecule has 1 aliphatic rings. The van der Waals surface area contributed by atoms with Crippen molar-refractivity contribution in [2.75, 3.05) is 13.2 Å². The average molecular weight is 479 g/mol. The molecule has 0 aromatic carbocycles. The Balaban J connectivity index is 2.11. The molecule has 0 bridgehead atoms. The smallest absolute Gasteiger partial charge is 0.338 e. The van der Waals surface area contributed by atoms with Gasteiger partial charge in [-0.05, 0) is 43.2 Å². The molecule has 0 spiro atoms. The molecule has 4 heterocycles. The molecule has 3 aromatic rings. The minimum absolute atomic E-state index is 0.0155. The molecule has 34 heavy (non-hydrogen) atoms. The van der Waals surface area contributed by atoms with E-state index in [-0.39, 0.29) is 34.8 Å². The van der Waals surface area contributed by atoms with Crippen molar-refractivity contribution in [3.8, 4) is 0 Å². The van der Waals surface area contributed by atoms with Gasteiger partial charge in [-0.15, -0.1) is 11.3 Å². The maximum absolute atomic E-state index is 13.4. The van der Waals surface area contributed by atoms with Crippen LogP contribution in [0.3, 0.4) is 0 Å². The van der Waals surface area contributed by atoms with Crippen LogP contribution in [0.2, 0.25) is 0 Å². The Kier molecular flexibility index (Phi) is 6.69. The van der Waals surface area contributed by atoms with Crippen molar-refractivity contribution in [3.63, 3.8) is 0 Å². The fourth-order valence-corrected chi connectivity index (χ4v) is 4.92. The molecule has 0 amide bonds. The Morgan fingerprint density at radius 1 is 1.06 bits per heavy atom. The molecule has 10 heteroatoms. The van der Waals surface area contributed by atoms with E-state index in [4.69, 9.17) is 15.2 Å². The molecule has 2 N–H and O–H groups in total. The Morgan fingerprint density at radius 3 is 2.29 bits per heavy atom. The van der Waals surface area contributed by atoms with E-state index in [1.807, 2.05) is 0 Å². The maximum atomic E-state index is 13.4. The summed E-state index contributed by atoms with van der Waals surface area (Å²) < 4.78 is 12.4. The number of fused-ring (bicyclic) bond motifs is 1. The van der Waals surface area contributed by atoms with E-state index in [1.54, 1.807) is 69.0 Å². The summed E-state index contributed by atoms with van der Waals surface area (Å²) >= 11 is 1.09. The van der Waals surface area contributed by atoms with Gasteiger partial charge in [-0.3, -0.25) is 19.3 Å². The number of nitrogens with two attached hydrogens (primary N) is 1. The monoisotopic (exact) mass is 478 g/mol. The Bertz CT molecular complexity index is 1440. The predicted molar refractivity (Wildman–Crippen MR) is 127 cm³/mol. The van der Waals surface area contributed by atoms with Gasteiger partial charge in [0.1, 0.15) is 10.5 Å². The third-order valence-corrected chi connectivity index (χ3v) is 6.25. The molecular weight excluding hydrogens is 456 g/mol. The lowest BCUT2D eigenvalue weighted by atomic mass is 9.84. The molecule has 1 aliphatic heterocycles. The summed E-state index contributed by atoms with van der Waals surface area (Å²) in [6.45, 7) is 3.55. The van der Waals surface area contributed by atoms with Crippen LogP contribution in [0.15, 0.2) is 59.4 Å². The second kappa shape index (κ2) is 9.84. The van der Waals surface area contributed by atoms with Gasteiger partial charge in [0.05, 0.1) is 34.8 Å². The lowest BCUT2D eigenvalue weighted by Gasteiger charge is -2.26. The topological polar surface area (TPSA) is 126 Å². The highest BCUT2D eigenvalue weighted by Crippen LogP contribution is 2.37. The van der Waals surface area contributed by atoms with Gasteiger partial charge in [-0.1, -0.05) is 12.1 Å². The highest BCUT2D eigenvalue weighted by molar-refractivity contribution is 7.07. The van der Waals surface area contributed by atoms with Gasteiger partial charge < -0.3 is 15.2 Å². The van der Waals surface area contributed by atoms with Crippen LogP contribution in [-0.2, 0) is 19.1 Å². The van der Waals surface area contributed by atoms with Gasteiger partial charge >= 0.3 is 11.9 Å². The lowest BCUT2D eigenvalue weighted by molar-refractivity contribution is -0.138.